The molecule has 6 nitrogen and oxygen atoms in total. The Balaban J connectivity index is 1.48. The van der Waals surface area contributed by atoms with Gasteiger partial charge in [-0.05, 0) is 38.1 Å². The van der Waals surface area contributed by atoms with Gasteiger partial charge in [0.15, 0.2) is 0 Å². The number of carboxylic acid groups (broad SMARTS) is 1. The molecule has 0 radical (unpaired) electrons. The minimum atomic E-state index is -0.739. The molecule has 0 saturated carbocycles. The maximum atomic E-state index is 12.6. The zero-order chi connectivity index (χ0) is 14.8. The van der Waals surface area contributed by atoms with E-state index in [9.17, 15) is 9.59 Å². The standard InChI is InChI=1S/C15H25N3O3/c19-14(20)4-3-12-5-7-17(10-12)15(21)18-9-8-16-6-1-2-13(16)11-18/h12-13H,1-11H2,(H,19,20). The highest BCUT2D eigenvalue weighted by Crippen LogP contribution is 2.25. The van der Waals surface area contributed by atoms with Crippen molar-refractivity contribution >= 4 is 12.0 Å². The number of amides is 2. The summed E-state index contributed by atoms with van der Waals surface area (Å²) < 4.78 is 0. The number of hydrogen-bond donors (Lipinski definition) is 1. The second kappa shape index (κ2) is 6.22. The normalized spacial score (nSPS) is 29.7. The molecule has 0 aromatic heterocycles. The summed E-state index contributed by atoms with van der Waals surface area (Å²) in [5.74, 6) is -0.380. The van der Waals surface area contributed by atoms with Gasteiger partial charge < -0.3 is 14.9 Å². The highest BCUT2D eigenvalue weighted by Gasteiger charge is 2.35. The van der Waals surface area contributed by atoms with Crippen molar-refractivity contribution in [3.63, 3.8) is 0 Å². The van der Waals surface area contributed by atoms with Crippen LogP contribution >= 0.6 is 0 Å². The molecule has 0 aliphatic carbocycles. The van der Waals surface area contributed by atoms with Gasteiger partial charge in [0.1, 0.15) is 0 Å². The topological polar surface area (TPSA) is 64.1 Å². The SMILES string of the molecule is O=C(O)CCC1CCN(C(=O)N2CCN3CCCC3C2)C1. The van der Waals surface area contributed by atoms with Crippen LogP contribution in [0.25, 0.3) is 0 Å². The molecule has 3 fully saturated rings. The lowest BCUT2D eigenvalue weighted by Crippen LogP contribution is -2.55. The van der Waals surface area contributed by atoms with Gasteiger partial charge in [-0.1, -0.05) is 0 Å². The fourth-order valence-electron chi connectivity index (χ4n) is 3.93. The number of urea groups is 1. The number of piperazine rings is 1. The number of carboxylic acids is 1. The smallest absolute Gasteiger partial charge is 0.320 e. The molecule has 21 heavy (non-hydrogen) atoms. The Bertz CT molecular complexity index is 415. The zero-order valence-electron chi connectivity index (χ0n) is 12.5. The number of aliphatic carboxylic acids is 1. The highest BCUT2D eigenvalue weighted by molar-refractivity contribution is 5.75. The lowest BCUT2D eigenvalue weighted by Gasteiger charge is -2.39. The van der Waals surface area contributed by atoms with Crippen molar-refractivity contribution in [1.29, 1.82) is 0 Å². The molecule has 2 amide bonds. The fraction of sp³-hybridized carbons (Fsp3) is 0.867. The Morgan fingerprint density at radius 3 is 2.62 bits per heavy atom. The maximum absolute atomic E-state index is 12.6. The Hall–Kier alpha value is -1.30. The van der Waals surface area contributed by atoms with E-state index >= 15 is 0 Å². The quantitative estimate of drug-likeness (QED) is 0.846. The number of rotatable bonds is 3. The fourth-order valence-corrected chi connectivity index (χ4v) is 3.93. The third kappa shape index (κ3) is 3.31. The van der Waals surface area contributed by atoms with Crippen molar-refractivity contribution in [1.82, 2.24) is 14.7 Å². The molecule has 118 valence electrons. The maximum Gasteiger partial charge on any atom is 0.320 e. The summed E-state index contributed by atoms with van der Waals surface area (Å²) in [6.45, 7) is 5.42. The minimum absolute atomic E-state index is 0.166. The van der Waals surface area contributed by atoms with Crippen LogP contribution in [-0.2, 0) is 4.79 Å². The first-order valence-electron chi connectivity index (χ1n) is 8.13. The molecule has 0 aromatic rings. The number of fused-ring (bicyclic) bond motifs is 1. The molecule has 0 aromatic carbocycles. The van der Waals surface area contributed by atoms with Crippen LogP contribution in [0.4, 0.5) is 4.79 Å². The predicted molar refractivity (Wildman–Crippen MR) is 78.1 cm³/mol. The van der Waals surface area contributed by atoms with Crippen LogP contribution in [0.2, 0.25) is 0 Å². The lowest BCUT2D eigenvalue weighted by molar-refractivity contribution is -0.137. The first-order chi connectivity index (χ1) is 10.1. The van der Waals surface area contributed by atoms with E-state index in [4.69, 9.17) is 5.11 Å². The summed E-state index contributed by atoms with van der Waals surface area (Å²) in [5.41, 5.74) is 0. The van der Waals surface area contributed by atoms with E-state index in [0.29, 0.717) is 18.4 Å². The molecule has 3 aliphatic heterocycles. The monoisotopic (exact) mass is 295 g/mol. The van der Waals surface area contributed by atoms with Crippen LogP contribution in [0.1, 0.15) is 32.1 Å². The Labute approximate surface area is 125 Å². The van der Waals surface area contributed by atoms with Crippen LogP contribution in [0.5, 0.6) is 0 Å². The molecule has 3 rings (SSSR count). The van der Waals surface area contributed by atoms with E-state index in [-0.39, 0.29) is 12.5 Å². The first-order valence-corrected chi connectivity index (χ1v) is 8.13. The molecule has 6 heteroatoms. The molecular formula is C15H25N3O3. The third-order valence-electron chi connectivity index (χ3n) is 5.18. The Morgan fingerprint density at radius 2 is 1.81 bits per heavy atom. The first kappa shape index (κ1) is 14.6. The van der Waals surface area contributed by atoms with Gasteiger partial charge in [-0.3, -0.25) is 9.69 Å². The molecule has 3 saturated heterocycles. The zero-order valence-corrected chi connectivity index (χ0v) is 12.5. The predicted octanol–water partition coefficient (Wildman–Crippen LogP) is 1.07. The van der Waals surface area contributed by atoms with Crippen molar-refractivity contribution < 1.29 is 14.7 Å². The van der Waals surface area contributed by atoms with Crippen molar-refractivity contribution in [2.45, 2.75) is 38.1 Å². The van der Waals surface area contributed by atoms with Crippen molar-refractivity contribution in [2.24, 2.45) is 5.92 Å². The minimum Gasteiger partial charge on any atom is -0.481 e. The molecule has 1 N–H and O–H groups in total. The number of carbonyl (C=O) groups is 2. The van der Waals surface area contributed by atoms with Gasteiger partial charge >= 0.3 is 12.0 Å². The Morgan fingerprint density at radius 1 is 1.00 bits per heavy atom. The summed E-state index contributed by atoms with van der Waals surface area (Å²) in [7, 11) is 0. The van der Waals surface area contributed by atoms with Gasteiger partial charge in [0.25, 0.3) is 0 Å². The van der Waals surface area contributed by atoms with Crippen molar-refractivity contribution in [2.75, 3.05) is 39.3 Å². The van der Waals surface area contributed by atoms with E-state index in [1.165, 1.54) is 19.4 Å². The summed E-state index contributed by atoms with van der Waals surface area (Å²) in [6, 6.07) is 0.729. The van der Waals surface area contributed by atoms with Gasteiger partial charge in [-0.2, -0.15) is 0 Å². The largest absolute Gasteiger partial charge is 0.481 e. The summed E-state index contributed by atoms with van der Waals surface area (Å²) >= 11 is 0. The molecule has 3 aliphatic rings. The van der Waals surface area contributed by atoms with Crippen LogP contribution in [0.3, 0.4) is 0 Å². The molecule has 2 atom stereocenters. The van der Waals surface area contributed by atoms with Gasteiger partial charge in [-0.25, -0.2) is 4.79 Å². The van der Waals surface area contributed by atoms with E-state index in [0.717, 1.165) is 39.1 Å². The summed E-state index contributed by atoms with van der Waals surface area (Å²) in [6.07, 6.45) is 4.32. The molecule has 0 bridgehead atoms. The van der Waals surface area contributed by atoms with Crippen LogP contribution < -0.4 is 0 Å². The number of nitrogens with zero attached hydrogens (tertiary/aromatic N) is 3. The number of carbonyl (C=O) groups excluding carboxylic acids is 1. The van der Waals surface area contributed by atoms with Gasteiger partial charge in [0, 0.05) is 45.2 Å². The second-order valence-electron chi connectivity index (χ2n) is 6.59. The highest BCUT2D eigenvalue weighted by atomic mass is 16.4. The van der Waals surface area contributed by atoms with Crippen LogP contribution in [0.15, 0.2) is 0 Å². The van der Waals surface area contributed by atoms with Crippen molar-refractivity contribution in [3.8, 4) is 0 Å². The molecular weight excluding hydrogens is 270 g/mol. The molecule has 2 unspecified atom stereocenters. The number of hydrogen-bond acceptors (Lipinski definition) is 3. The third-order valence-corrected chi connectivity index (χ3v) is 5.18. The van der Waals surface area contributed by atoms with E-state index in [1.54, 1.807) is 0 Å². The van der Waals surface area contributed by atoms with Crippen LogP contribution in [-0.4, -0.2) is 77.1 Å². The van der Waals surface area contributed by atoms with E-state index in [2.05, 4.69) is 4.90 Å². The summed E-state index contributed by atoms with van der Waals surface area (Å²) in [4.78, 5) is 29.7. The second-order valence-corrected chi connectivity index (χ2v) is 6.59. The average molecular weight is 295 g/mol. The van der Waals surface area contributed by atoms with Gasteiger partial charge in [-0.15, -0.1) is 0 Å². The number of likely N-dealkylation sites (tertiary alicyclic amines) is 1. The Kier molecular flexibility index (Phi) is 4.33. The lowest BCUT2D eigenvalue weighted by atomic mass is 10.0. The average Bonchev–Trinajstić information content (AvgIpc) is 3.12. The van der Waals surface area contributed by atoms with Crippen LogP contribution in [0, 0.1) is 5.92 Å². The van der Waals surface area contributed by atoms with Gasteiger partial charge in [0.2, 0.25) is 0 Å². The molecule has 0 spiro atoms. The molecule has 3 heterocycles. The van der Waals surface area contributed by atoms with Gasteiger partial charge in [0.05, 0.1) is 0 Å². The van der Waals surface area contributed by atoms with E-state index in [1.807, 2.05) is 9.80 Å². The van der Waals surface area contributed by atoms with Crippen molar-refractivity contribution in [3.05, 3.63) is 0 Å². The summed E-state index contributed by atoms with van der Waals surface area (Å²) in [5, 5.41) is 8.75. The van der Waals surface area contributed by atoms with E-state index < -0.39 is 5.97 Å².